The largest absolute Gasteiger partial charge is 0.483 e. The van der Waals surface area contributed by atoms with Crippen LogP contribution in [0, 0.1) is 5.82 Å². The first-order valence-electron chi connectivity index (χ1n) is 11.1. The first-order valence-corrected chi connectivity index (χ1v) is 13.8. The van der Waals surface area contributed by atoms with Gasteiger partial charge in [-0.15, -0.1) is 0 Å². The maximum absolute atomic E-state index is 13.2. The molecule has 2 unspecified atom stereocenters. The fourth-order valence-electron chi connectivity index (χ4n) is 4.06. The standard InChI is InChI=1S/C24H29BrFN3O5S/c1-16-13-29(17(2)12-28(16)14-18-4-7-21(26)8-5-18)24(31)15-34-22-9-6-20(25)10-19(22)11-23(30)27-35(3,32)33/h4-10,16-17H,11-15H2,1-3H3,(H,27,30). The van der Waals surface area contributed by atoms with Crippen LogP contribution >= 0.6 is 15.9 Å². The zero-order chi connectivity index (χ0) is 25.8. The molecule has 0 aromatic heterocycles. The Labute approximate surface area is 213 Å². The minimum atomic E-state index is -3.68. The molecule has 11 heteroatoms. The Morgan fingerprint density at radius 1 is 1.11 bits per heavy atom. The van der Waals surface area contributed by atoms with Gasteiger partial charge in [-0.05, 0) is 49.7 Å². The summed E-state index contributed by atoms with van der Waals surface area (Å²) in [5.41, 5.74) is 1.47. The lowest BCUT2D eigenvalue weighted by Gasteiger charge is -2.44. The lowest BCUT2D eigenvalue weighted by molar-refractivity contribution is -0.139. The quantitative estimate of drug-likeness (QED) is 0.525. The Kier molecular flexibility index (Phi) is 8.89. The Balaban J connectivity index is 1.60. The SMILES string of the molecule is CC1CN(C(=O)COc2ccc(Br)cc2CC(=O)NS(C)(=O)=O)C(C)CN1Cc1ccc(F)cc1. The fourth-order valence-corrected chi connectivity index (χ4v) is 4.95. The van der Waals surface area contributed by atoms with Gasteiger partial charge in [0.25, 0.3) is 5.91 Å². The fraction of sp³-hybridized carbons (Fsp3) is 0.417. The summed E-state index contributed by atoms with van der Waals surface area (Å²) in [5, 5.41) is 0. The molecule has 190 valence electrons. The lowest BCUT2D eigenvalue weighted by Crippen LogP contribution is -2.58. The predicted octanol–water partition coefficient (Wildman–Crippen LogP) is 2.71. The second kappa shape index (κ2) is 11.5. The average molecular weight is 570 g/mol. The van der Waals surface area contributed by atoms with Gasteiger partial charge in [0.2, 0.25) is 15.9 Å². The van der Waals surface area contributed by atoms with Gasteiger partial charge in [-0.2, -0.15) is 0 Å². The summed E-state index contributed by atoms with van der Waals surface area (Å²) >= 11 is 3.33. The van der Waals surface area contributed by atoms with E-state index in [1.165, 1.54) is 12.1 Å². The van der Waals surface area contributed by atoms with Crippen LogP contribution in [0.2, 0.25) is 0 Å². The summed E-state index contributed by atoms with van der Waals surface area (Å²) in [7, 11) is -3.68. The van der Waals surface area contributed by atoms with Gasteiger partial charge in [0.15, 0.2) is 6.61 Å². The molecule has 0 aliphatic carbocycles. The summed E-state index contributed by atoms with van der Waals surface area (Å²) in [6.45, 7) is 5.67. The van der Waals surface area contributed by atoms with Gasteiger partial charge in [-0.3, -0.25) is 19.2 Å². The molecular formula is C24H29BrFN3O5S. The van der Waals surface area contributed by atoms with E-state index in [1.807, 2.05) is 18.6 Å². The minimum Gasteiger partial charge on any atom is -0.483 e. The van der Waals surface area contributed by atoms with Crippen LogP contribution in [0.3, 0.4) is 0 Å². The van der Waals surface area contributed by atoms with Crippen molar-refractivity contribution < 1.29 is 27.1 Å². The van der Waals surface area contributed by atoms with Crippen LogP contribution in [-0.4, -0.2) is 68.1 Å². The van der Waals surface area contributed by atoms with E-state index in [0.29, 0.717) is 35.4 Å². The molecule has 2 aromatic carbocycles. The second-order valence-corrected chi connectivity index (χ2v) is 11.5. The highest BCUT2D eigenvalue weighted by molar-refractivity contribution is 9.10. The molecule has 1 N–H and O–H groups in total. The van der Waals surface area contributed by atoms with Crippen molar-refractivity contribution in [1.29, 1.82) is 0 Å². The highest BCUT2D eigenvalue weighted by Gasteiger charge is 2.32. The first kappa shape index (κ1) is 27.1. The van der Waals surface area contributed by atoms with E-state index >= 15 is 0 Å². The molecule has 0 radical (unpaired) electrons. The molecule has 1 aliphatic heterocycles. The second-order valence-electron chi connectivity index (χ2n) is 8.81. The first-order chi connectivity index (χ1) is 16.4. The highest BCUT2D eigenvalue weighted by Crippen LogP contribution is 2.25. The Bertz CT molecular complexity index is 1180. The van der Waals surface area contributed by atoms with E-state index in [-0.39, 0.29) is 36.8 Å². The van der Waals surface area contributed by atoms with Gasteiger partial charge < -0.3 is 9.64 Å². The zero-order valence-electron chi connectivity index (χ0n) is 19.8. The highest BCUT2D eigenvalue weighted by atomic mass is 79.9. The molecular weight excluding hydrogens is 541 g/mol. The maximum atomic E-state index is 13.2. The molecule has 1 saturated heterocycles. The number of carbonyl (C=O) groups excluding carboxylic acids is 2. The monoisotopic (exact) mass is 569 g/mol. The van der Waals surface area contributed by atoms with E-state index in [2.05, 4.69) is 20.8 Å². The van der Waals surface area contributed by atoms with Crippen molar-refractivity contribution >= 4 is 37.8 Å². The smallest absolute Gasteiger partial charge is 0.260 e. The Morgan fingerprint density at radius 3 is 2.46 bits per heavy atom. The molecule has 1 fully saturated rings. The van der Waals surface area contributed by atoms with Crippen LogP contribution in [0.25, 0.3) is 0 Å². The number of nitrogens with one attached hydrogen (secondary N) is 1. The molecule has 2 aromatic rings. The van der Waals surface area contributed by atoms with Gasteiger partial charge in [0.1, 0.15) is 11.6 Å². The lowest BCUT2D eigenvalue weighted by atomic mass is 10.1. The summed E-state index contributed by atoms with van der Waals surface area (Å²) < 4.78 is 44.2. The van der Waals surface area contributed by atoms with Crippen molar-refractivity contribution in [3.63, 3.8) is 0 Å². The van der Waals surface area contributed by atoms with Crippen LogP contribution in [0.4, 0.5) is 4.39 Å². The number of sulfonamides is 1. The summed E-state index contributed by atoms with van der Waals surface area (Å²) in [6.07, 6.45) is 0.689. The number of rotatable bonds is 8. The number of hydrogen-bond acceptors (Lipinski definition) is 6. The number of carbonyl (C=O) groups is 2. The zero-order valence-corrected chi connectivity index (χ0v) is 22.2. The summed E-state index contributed by atoms with van der Waals surface area (Å²) in [5.74, 6) is -0.807. The maximum Gasteiger partial charge on any atom is 0.260 e. The molecule has 3 rings (SSSR count). The number of nitrogens with zero attached hydrogens (tertiary/aromatic N) is 2. The molecule has 0 saturated carbocycles. The molecule has 1 aliphatic rings. The molecule has 2 amide bonds. The number of piperazine rings is 1. The molecule has 0 spiro atoms. The van der Waals surface area contributed by atoms with E-state index < -0.39 is 15.9 Å². The molecule has 1 heterocycles. The molecule has 0 bridgehead atoms. The van der Waals surface area contributed by atoms with Crippen LogP contribution in [0.1, 0.15) is 25.0 Å². The van der Waals surface area contributed by atoms with E-state index in [4.69, 9.17) is 4.74 Å². The van der Waals surface area contributed by atoms with Crippen molar-refractivity contribution in [3.8, 4) is 5.75 Å². The normalized spacial score (nSPS) is 18.8. The third-order valence-corrected chi connectivity index (χ3v) is 6.85. The van der Waals surface area contributed by atoms with Crippen molar-refractivity contribution in [2.24, 2.45) is 0 Å². The number of benzene rings is 2. The number of ether oxygens (including phenoxy) is 1. The van der Waals surface area contributed by atoms with E-state index in [1.54, 1.807) is 35.2 Å². The van der Waals surface area contributed by atoms with Gasteiger partial charge in [-0.25, -0.2) is 12.8 Å². The van der Waals surface area contributed by atoms with E-state index in [0.717, 1.165) is 11.8 Å². The van der Waals surface area contributed by atoms with Gasteiger partial charge in [-0.1, -0.05) is 28.1 Å². The van der Waals surface area contributed by atoms with E-state index in [9.17, 15) is 22.4 Å². The van der Waals surface area contributed by atoms with Crippen molar-refractivity contribution in [3.05, 3.63) is 63.9 Å². The van der Waals surface area contributed by atoms with Gasteiger partial charge in [0, 0.05) is 41.8 Å². The molecule has 2 atom stereocenters. The Morgan fingerprint density at radius 2 is 1.80 bits per heavy atom. The number of halogens is 2. The third-order valence-electron chi connectivity index (χ3n) is 5.76. The topological polar surface area (TPSA) is 96.0 Å². The minimum absolute atomic E-state index is 0.0484. The van der Waals surface area contributed by atoms with Gasteiger partial charge >= 0.3 is 0 Å². The number of hydrogen-bond donors (Lipinski definition) is 1. The predicted molar refractivity (Wildman–Crippen MR) is 134 cm³/mol. The summed E-state index contributed by atoms with van der Waals surface area (Å²) in [6, 6.07) is 11.5. The summed E-state index contributed by atoms with van der Waals surface area (Å²) in [4.78, 5) is 29.1. The average Bonchev–Trinajstić information content (AvgIpc) is 2.75. The van der Waals surface area contributed by atoms with Crippen LogP contribution in [-0.2, 0) is 32.6 Å². The third kappa shape index (κ3) is 8.01. The van der Waals surface area contributed by atoms with Crippen molar-refractivity contribution in [1.82, 2.24) is 14.5 Å². The van der Waals surface area contributed by atoms with Crippen LogP contribution in [0.5, 0.6) is 5.75 Å². The Hall–Kier alpha value is -2.50. The van der Waals surface area contributed by atoms with Crippen molar-refractivity contribution in [2.75, 3.05) is 26.0 Å². The molecule has 35 heavy (non-hydrogen) atoms. The molecule has 8 nitrogen and oxygen atoms in total. The van der Waals surface area contributed by atoms with Crippen LogP contribution in [0.15, 0.2) is 46.9 Å². The number of amides is 2. The van der Waals surface area contributed by atoms with Gasteiger partial charge in [0.05, 0.1) is 12.7 Å². The van der Waals surface area contributed by atoms with Crippen molar-refractivity contribution in [2.45, 2.75) is 38.9 Å². The van der Waals surface area contributed by atoms with Crippen LogP contribution < -0.4 is 9.46 Å².